The summed E-state index contributed by atoms with van der Waals surface area (Å²) in [6.07, 6.45) is 0. The predicted octanol–water partition coefficient (Wildman–Crippen LogP) is 1.72. The first-order valence-electron chi connectivity index (χ1n) is 4.04. The van der Waals surface area contributed by atoms with Crippen molar-refractivity contribution in [3.05, 3.63) is 35.1 Å². The number of aryl methyl sites for hydroxylation is 1. The number of halogens is 1. The highest BCUT2D eigenvalue weighted by molar-refractivity contribution is 5.82. The van der Waals surface area contributed by atoms with Crippen LogP contribution in [0.4, 0.5) is 4.39 Å². The Morgan fingerprint density at radius 1 is 1.54 bits per heavy atom. The molecule has 0 aliphatic carbocycles. The maximum atomic E-state index is 13.0. The minimum atomic E-state index is -0.713. The van der Waals surface area contributed by atoms with E-state index >= 15 is 0 Å². The fraction of sp³-hybridized carbons (Fsp3) is 0.300. The fourth-order valence-corrected chi connectivity index (χ4v) is 1.04. The van der Waals surface area contributed by atoms with Gasteiger partial charge in [0.05, 0.1) is 6.04 Å². The molecule has 3 heteroatoms. The molecule has 1 unspecified atom stereocenters. The molecule has 0 bridgehead atoms. The lowest BCUT2D eigenvalue weighted by molar-refractivity contribution is -0.118. The van der Waals surface area contributed by atoms with Crippen LogP contribution in [0.1, 0.15) is 24.1 Å². The van der Waals surface area contributed by atoms with Gasteiger partial charge in [-0.15, -0.1) is 0 Å². The zero-order valence-corrected chi connectivity index (χ0v) is 7.67. The Bertz CT molecular complexity index is 336. The van der Waals surface area contributed by atoms with Crippen LogP contribution in [0.2, 0.25) is 0 Å². The molecule has 0 aliphatic rings. The molecule has 0 amide bonds. The van der Waals surface area contributed by atoms with E-state index in [1.807, 2.05) is 0 Å². The maximum absolute atomic E-state index is 13.0. The number of hydrogen-bond acceptors (Lipinski definition) is 2. The van der Waals surface area contributed by atoms with Gasteiger partial charge in [0.2, 0.25) is 0 Å². The van der Waals surface area contributed by atoms with E-state index in [0.717, 1.165) is 0 Å². The highest BCUT2D eigenvalue weighted by atomic mass is 19.1. The summed E-state index contributed by atoms with van der Waals surface area (Å²) in [5, 5.41) is 0. The molecule has 0 radical (unpaired) electrons. The third kappa shape index (κ3) is 2.12. The van der Waals surface area contributed by atoms with Crippen molar-refractivity contribution in [1.82, 2.24) is 0 Å². The Morgan fingerprint density at radius 3 is 2.62 bits per heavy atom. The summed E-state index contributed by atoms with van der Waals surface area (Å²) >= 11 is 0. The first-order valence-corrected chi connectivity index (χ1v) is 4.04. The van der Waals surface area contributed by atoms with E-state index in [1.165, 1.54) is 13.0 Å². The van der Waals surface area contributed by atoms with E-state index in [9.17, 15) is 9.18 Å². The number of nitrogens with two attached hydrogens (primary N) is 1. The molecule has 0 saturated heterocycles. The zero-order valence-electron chi connectivity index (χ0n) is 7.67. The van der Waals surface area contributed by atoms with Gasteiger partial charge in [-0.25, -0.2) is 4.39 Å². The lowest BCUT2D eigenvalue weighted by Crippen LogP contribution is -2.18. The van der Waals surface area contributed by atoms with Crippen LogP contribution >= 0.6 is 0 Å². The van der Waals surface area contributed by atoms with Gasteiger partial charge in [0.15, 0.2) is 5.78 Å². The molecule has 0 saturated carbocycles. The molecule has 2 nitrogen and oxygen atoms in total. The van der Waals surface area contributed by atoms with E-state index in [2.05, 4.69) is 0 Å². The summed E-state index contributed by atoms with van der Waals surface area (Å²) in [6, 6.07) is 3.88. The van der Waals surface area contributed by atoms with Gasteiger partial charge in [-0.1, -0.05) is 12.1 Å². The van der Waals surface area contributed by atoms with E-state index < -0.39 is 6.04 Å². The van der Waals surface area contributed by atoms with Crippen molar-refractivity contribution in [3.8, 4) is 0 Å². The molecule has 1 aromatic carbocycles. The summed E-state index contributed by atoms with van der Waals surface area (Å²) in [5.41, 5.74) is 6.62. The van der Waals surface area contributed by atoms with Crippen molar-refractivity contribution in [2.75, 3.05) is 0 Å². The van der Waals surface area contributed by atoms with Gasteiger partial charge in [-0.3, -0.25) is 4.79 Å². The van der Waals surface area contributed by atoms with Crippen molar-refractivity contribution in [2.24, 2.45) is 5.73 Å². The van der Waals surface area contributed by atoms with E-state index in [1.54, 1.807) is 19.1 Å². The van der Waals surface area contributed by atoms with Crippen LogP contribution in [-0.4, -0.2) is 5.78 Å². The van der Waals surface area contributed by atoms with Crippen LogP contribution in [0.5, 0.6) is 0 Å². The minimum absolute atomic E-state index is 0.164. The maximum Gasteiger partial charge on any atom is 0.150 e. The van der Waals surface area contributed by atoms with Crippen LogP contribution < -0.4 is 5.73 Å². The summed E-state index contributed by atoms with van der Waals surface area (Å²) < 4.78 is 13.0. The molecule has 1 aromatic rings. The van der Waals surface area contributed by atoms with E-state index in [0.29, 0.717) is 11.1 Å². The molecule has 0 aliphatic heterocycles. The lowest BCUT2D eigenvalue weighted by Gasteiger charge is -2.08. The zero-order chi connectivity index (χ0) is 10.0. The molecular formula is C10H12FNO. The Kier molecular flexibility index (Phi) is 2.78. The van der Waals surface area contributed by atoms with Gasteiger partial charge in [0.25, 0.3) is 0 Å². The molecule has 70 valence electrons. The topological polar surface area (TPSA) is 43.1 Å². The van der Waals surface area contributed by atoms with Crippen LogP contribution in [0.25, 0.3) is 0 Å². The molecule has 0 spiro atoms. The number of hydrogen-bond donors (Lipinski definition) is 1. The van der Waals surface area contributed by atoms with Crippen molar-refractivity contribution in [1.29, 1.82) is 0 Å². The second kappa shape index (κ2) is 3.66. The molecule has 2 N–H and O–H groups in total. The van der Waals surface area contributed by atoms with Crippen LogP contribution in [0.15, 0.2) is 18.2 Å². The second-order valence-electron chi connectivity index (χ2n) is 3.10. The SMILES string of the molecule is CC(=O)C(N)c1ccc(C)c(F)c1. The third-order valence-electron chi connectivity index (χ3n) is 1.99. The molecule has 1 atom stereocenters. The summed E-state index contributed by atoms with van der Waals surface area (Å²) in [4.78, 5) is 10.9. The summed E-state index contributed by atoms with van der Waals surface area (Å²) in [7, 11) is 0. The average Bonchev–Trinajstić information content (AvgIpc) is 2.08. The third-order valence-corrected chi connectivity index (χ3v) is 1.99. The number of benzene rings is 1. The van der Waals surface area contributed by atoms with Crippen molar-refractivity contribution >= 4 is 5.78 Å². The average molecular weight is 181 g/mol. The summed E-state index contributed by atoms with van der Waals surface area (Å²) in [5.74, 6) is -0.488. The van der Waals surface area contributed by atoms with Crippen molar-refractivity contribution < 1.29 is 9.18 Å². The largest absolute Gasteiger partial charge is 0.318 e. The van der Waals surface area contributed by atoms with E-state index in [4.69, 9.17) is 5.73 Å². The Balaban J connectivity index is 3.03. The molecular weight excluding hydrogens is 169 g/mol. The standard InChI is InChI=1S/C10H12FNO/c1-6-3-4-8(5-9(6)11)10(12)7(2)13/h3-5,10H,12H2,1-2H3. The van der Waals surface area contributed by atoms with Crippen LogP contribution in [0, 0.1) is 12.7 Å². The first-order chi connectivity index (χ1) is 6.02. The van der Waals surface area contributed by atoms with Crippen LogP contribution in [0.3, 0.4) is 0 Å². The molecule has 0 aromatic heterocycles. The number of carbonyl (C=O) groups is 1. The van der Waals surface area contributed by atoms with Gasteiger partial charge < -0.3 is 5.73 Å². The smallest absolute Gasteiger partial charge is 0.150 e. The Morgan fingerprint density at radius 2 is 2.15 bits per heavy atom. The molecule has 0 heterocycles. The van der Waals surface area contributed by atoms with Gasteiger partial charge in [0.1, 0.15) is 5.82 Å². The summed E-state index contributed by atoms with van der Waals surface area (Å²) in [6.45, 7) is 3.06. The highest BCUT2D eigenvalue weighted by Crippen LogP contribution is 2.15. The number of carbonyl (C=O) groups excluding carboxylic acids is 1. The van der Waals surface area contributed by atoms with Gasteiger partial charge in [0, 0.05) is 0 Å². The Labute approximate surface area is 76.6 Å². The second-order valence-corrected chi connectivity index (χ2v) is 3.10. The van der Waals surface area contributed by atoms with Crippen molar-refractivity contribution in [3.63, 3.8) is 0 Å². The van der Waals surface area contributed by atoms with Gasteiger partial charge in [-0.2, -0.15) is 0 Å². The normalized spacial score (nSPS) is 12.6. The lowest BCUT2D eigenvalue weighted by atomic mass is 10.0. The quantitative estimate of drug-likeness (QED) is 0.754. The highest BCUT2D eigenvalue weighted by Gasteiger charge is 2.11. The molecule has 1 rings (SSSR count). The number of ketones is 1. The fourth-order valence-electron chi connectivity index (χ4n) is 1.04. The van der Waals surface area contributed by atoms with E-state index in [-0.39, 0.29) is 11.6 Å². The first kappa shape index (κ1) is 9.86. The number of Topliss-reactive ketones (excluding diaryl/α,β-unsaturated/α-hetero) is 1. The van der Waals surface area contributed by atoms with Gasteiger partial charge in [-0.05, 0) is 31.0 Å². The number of rotatable bonds is 2. The van der Waals surface area contributed by atoms with Crippen molar-refractivity contribution in [2.45, 2.75) is 19.9 Å². The van der Waals surface area contributed by atoms with Gasteiger partial charge >= 0.3 is 0 Å². The molecule has 13 heavy (non-hydrogen) atoms. The molecule has 0 fully saturated rings. The predicted molar refractivity (Wildman–Crippen MR) is 48.7 cm³/mol. The Hall–Kier alpha value is -1.22. The minimum Gasteiger partial charge on any atom is -0.318 e. The monoisotopic (exact) mass is 181 g/mol. The van der Waals surface area contributed by atoms with Crippen LogP contribution in [-0.2, 0) is 4.79 Å².